The van der Waals surface area contributed by atoms with Crippen molar-refractivity contribution in [1.29, 1.82) is 0 Å². The van der Waals surface area contributed by atoms with Crippen molar-refractivity contribution < 1.29 is 13.2 Å². The molecule has 0 fully saturated rings. The van der Waals surface area contributed by atoms with E-state index in [-0.39, 0.29) is 10.8 Å². The smallest absolute Gasteiger partial charge is 0.246 e. The molecule has 2 aromatic rings. The molecule has 0 saturated heterocycles. The number of benzene rings is 2. The summed E-state index contributed by atoms with van der Waals surface area (Å²) in [5.41, 5.74) is 1.90. The zero-order valence-electron chi connectivity index (χ0n) is 17.0. The quantitative estimate of drug-likeness (QED) is 0.657. The molecular formula is C21H29N3O3S. The van der Waals surface area contributed by atoms with Crippen LogP contribution in [-0.2, 0) is 21.2 Å². The Kier molecular flexibility index (Phi) is 6.85. The Morgan fingerprint density at radius 3 is 2.25 bits per heavy atom. The topological polar surface area (TPSA) is 87.3 Å². The first-order valence-corrected chi connectivity index (χ1v) is 10.8. The van der Waals surface area contributed by atoms with Crippen molar-refractivity contribution in [2.24, 2.45) is 0 Å². The summed E-state index contributed by atoms with van der Waals surface area (Å²) in [6.45, 7) is 9.15. The molecule has 28 heavy (non-hydrogen) atoms. The number of amides is 1. The lowest BCUT2D eigenvalue weighted by Crippen LogP contribution is -2.40. The number of hydrogen-bond donors (Lipinski definition) is 3. The molecule has 1 amide bonds. The summed E-state index contributed by atoms with van der Waals surface area (Å²) in [6, 6.07) is 13.6. The van der Waals surface area contributed by atoms with Crippen LogP contribution in [0.3, 0.4) is 0 Å². The van der Waals surface area contributed by atoms with Crippen LogP contribution in [-0.4, -0.2) is 25.9 Å². The van der Waals surface area contributed by atoms with E-state index in [4.69, 9.17) is 0 Å². The second kappa shape index (κ2) is 8.75. The molecule has 0 aliphatic rings. The summed E-state index contributed by atoms with van der Waals surface area (Å²) < 4.78 is 27.6. The molecule has 2 rings (SSSR count). The predicted molar refractivity (Wildman–Crippen MR) is 114 cm³/mol. The number of rotatable bonds is 7. The van der Waals surface area contributed by atoms with Crippen molar-refractivity contribution >= 4 is 27.3 Å². The third-order valence-corrected chi connectivity index (χ3v) is 5.75. The predicted octanol–water partition coefficient (Wildman–Crippen LogP) is 3.76. The van der Waals surface area contributed by atoms with E-state index in [1.165, 1.54) is 17.7 Å². The van der Waals surface area contributed by atoms with Crippen LogP contribution in [0.2, 0.25) is 0 Å². The van der Waals surface area contributed by atoms with E-state index in [2.05, 4.69) is 22.3 Å². The summed E-state index contributed by atoms with van der Waals surface area (Å²) in [4.78, 5) is 12.6. The molecule has 2 aromatic carbocycles. The van der Waals surface area contributed by atoms with Gasteiger partial charge in [0.1, 0.15) is 6.04 Å². The molecule has 1 atom stereocenters. The second-order valence-corrected chi connectivity index (χ2v) is 9.47. The Hall–Kier alpha value is -2.38. The minimum atomic E-state index is -3.64. The van der Waals surface area contributed by atoms with Gasteiger partial charge < -0.3 is 10.6 Å². The lowest BCUT2D eigenvalue weighted by Gasteiger charge is -2.21. The van der Waals surface area contributed by atoms with E-state index in [9.17, 15) is 13.2 Å². The van der Waals surface area contributed by atoms with E-state index in [1.54, 1.807) is 39.8 Å². The molecule has 0 saturated carbocycles. The molecule has 0 unspecified atom stereocenters. The minimum Gasteiger partial charge on any atom is -0.374 e. The molecule has 0 bridgehead atoms. The lowest BCUT2D eigenvalue weighted by molar-refractivity contribution is -0.116. The fraction of sp³-hybridized carbons (Fsp3) is 0.381. The lowest BCUT2D eigenvalue weighted by atomic mass is 10.1. The standard InChI is InChI=1S/C21H29N3O3S/c1-6-16-10-12-17(13-11-16)23-20(25)15(2)22-18-8-7-9-19(14-18)28(26,27)24-21(3,4)5/h7-15,22,24H,6H2,1-5H3,(H,23,25)/t15-/m1/s1. The van der Waals surface area contributed by atoms with Crippen molar-refractivity contribution in [1.82, 2.24) is 4.72 Å². The molecular weight excluding hydrogens is 374 g/mol. The Labute approximate surface area is 167 Å². The van der Waals surface area contributed by atoms with Crippen LogP contribution in [0.1, 0.15) is 40.2 Å². The van der Waals surface area contributed by atoms with Crippen molar-refractivity contribution in [3.63, 3.8) is 0 Å². The molecule has 6 nitrogen and oxygen atoms in total. The van der Waals surface area contributed by atoms with E-state index in [0.29, 0.717) is 5.69 Å². The van der Waals surface area contributed by atoms with Gasteiger partial charge in [-0.05, 0) is 70.0 Å². The summed E-state index contributed by atoms with van der Waals surface area (Å²) in [6.07, 6.45) is 0.940. The van der Waals surface area contributed by atoms with Gasteiger partial charge in [-0.3, -0.25) is 4.79 Å². The first-order valence-electron chi connectivity index (χ1n) is 9.30. The Bertz CT molecular complexity index is 917. The van der Waals surface area contributed by atoms with Crippen LogP contribution >= 0.6 is 0 Å². The number of sulfonamides is 1. The van der Waals surface area contributed by atoms with Gasteiger partial charge in [-0.1, -0.05) is 25.1 Å². The highest BCUT2D eigenvalue weighted by Gasteiger charge is 2.22. The maximum Gasteiger partial charge on any atom is 0.246 e. The van der Waals surface area contributed by atoms with Crippen LogP contribution in [0.25, 0.3) is 0 Å². The maximum absolute atomic E-state index is 12.5. The van der Waals surface area contributed by atoms with Gasteiger partial charge >= 0.3 is 0 Å². The van der Waals surface area contributed by atoms with Crippen LogP contribution in [0.4, 0.5) is 11.4 Å². The molecule has 0 aliphatic heterocycles. The summed E-state index contributed by atoms with van der Waals surface area (Å²) >= 11 is 0. The van der Waals surface area contributed by atoms with Crippen LogP contribution in [0.5, 0.6) is 0 Å². The average Bonchev–Trinajstić information content (AvgIpc) is 2.60. The Balaban J connectivity index is 2.07. The highest BCUT2D eigenvalue weighted by Crippen LogP contribution is 2.18. The first-order chi connectivity index (χ1) is 13.0. The molecule has 0 heterocycles. The number of hydrogen-bond acceptors (Lipinski definition) is 4. The largest absolute Gasteiger partial charge is 0.374 e. The van der Waals surface area contributed by atoms with E-state index in [1.807, 2.05) is 24.3 Å². The second-order valence-electron chi connectivity index (χ2n) is 7.79. The number of carbonyl (C=O) groups excluding carboxylic acids is 1. The monoisotopic (exact) mass is 403 g/mol. The van der Waals surface area contributed by atoms with Crippen molar-refractivity contribution in [2.75, 3.05) is 10.6 Å². The van der Waals surface area contributed by atoms with Crippen LogP contribution < -0.4 is 15.4 Å². The molecule has 3 N–H and O–H groups in total. The number of anilines is 2. The molecule has 0 aromatic heterocycles. The van der Waals surface area contributed by atoms with Gasteiger partial charge in [0.25, 0.3) is 0 Å². The Morgan fingerprint density at radius 1 is 1.04 bits per heavy atom. The van der Waals surface area contributed by atoms with Gasteiger partial charge in [-0.2, -0.15) is 0 Å². The fourth-order valence-corrected chi connectivity index (χ4v) is 4.07. The zero-order valence-corrected chi connectivity index (χ0v) is 17.9. The molecule has 7 heteroatoms. The normalized spacial score (nSPS) is 13.0. The van der Waals surface area contributed by atoms with E-state index < -0.39 is 21.6 Å². The molecule has 0 spiro atoms. The zero-order chi connectivity index (χ0) is 20.9. The third kappa shape index (κ3) is 6.35. The van der Waals surface area contributed by atoms with Gasteiger partial charge in [-0.25, -0.2) is 13.1 Å². The van der Waals surface area contributed by atoms with Gasteiger partial charge in [-0.15, -0.1) is 0 Å². The van der Waals surface area contributed by atoms with Crippen molar-refractivity contribution in [2.45, 2.75) is 57.5 Å². The fourth-order valence-electron chi connectivity index (χ4n) is 2.60. The molecule has 0 aliphatic carbocycles. The van der Waals surface area contributed by atoms with E-state index in [0.717, 1.165) is 12.1 Å². The van der Waals surface area contributed by atoms with Crippen LogP contribution in [0.15, 0.2) is 53.4 Å². The third-order valence-electron chi connectivity index (χ3n) is 3.99. The molecule has 152 valence electrons. The SMILES string of the molecule is CCc1ccc(NC(=O)[C@@H](C)Nc2cccc(S(=O)(=O)NC(C)(C)C)c2)cc1. The highest BCUT2D eigenvalue weighted by atomic mass is 32.2. The number of nitrogens with one attached hydrogen (secondary N) is 3. The Morgan fingerprint density at radius 2 is 1.68 bits per heavy atom. The summed E-state index contributed by atoms with van der Waals surface area (Å²) in [5.74, 6) is -0.203. The number of carbonyl (C=O) groups is 1. The molecule has 0 radical (unpaired) electrons. The average molecular weight is 404 g/mol. The van der Waals surface area contributed by atoms with E-state index >= 15 is 0 Å². The van der Waals surface area contributed by atoms with Gasteiger partial charge in [0.2, 0.25) is 15.9 Å². The van der Waals surface area contributed by atoms with Crippen molar-refractivity contribution in [3.8, 4) is 0 Å². The van der Waals surface area contributed by atoms with Crippen LogP contribution in [0, 0.1) is 0 Å². The van der Waals surface area contributed by atoms with Crippen molar-refractivity contribution in [3.05, 3.63) is 54.1 Å². The van der Waals surface area contributed by atoms with Gasteiger partial charge in [0.05, 0.1) is 4.90 Å². The summed E-state index contributed by atoms with van der Waals surface area (Å²) in [5, 5.41) is 5.91. The summed E-state index contributed by atoms with van der Waals surface area (Å²) in [7, 11) is -3.64. The van der Waals surface area contributed by atoms with Gasteiger partial charge in [0.15, 0.2) is 0 Å². The number of aryl methyl sites for hydroxylation is 1. The van der Waals surface area contributed by atoms with Gasteiger partial charge in [0, 0.05) is 16.9 Å². The maximum atomic E-state index is 12.5. The minimum absolute atomic E-state index is 0.148. The highest BCUT2D eigenvalue weighted by molar-refractivity contribution is 7.89. The first kappa shape index (κ1) is 21.9.